The Bertz CT molecular complexity index is 624. The van der Waals surface area contributed by atoms with E-state index in [0.29, 0.717) is 0 Å². The van der Waals surface area contributed by atoms with Gasteiger partial charge in [-0.2, -0.15) is 0 Å². The monoisotopic (exact) mass is 321 g/mol. The van der Waals surface area contributed by atoms with Gasteiger partial charge in [0, 0.05) is 38.6 Å². The second-order valence-corrected chi connectivity index (χ2v) is 6.79. The van der Waals surface area contributed by atoms with Crippen LogP contribution in [0.1, 0.15) is 17.5 Å². The molecule has 0 saturated carbocycles. The molecule has 3 rings (SSSR count). The number of hydrogen-bond donors (Lipinski definition) is 0. The lowest BCUT2D eigenvalue weighted by atomic mass is 10.1. The minimum absolute atomic E-state index is 0.775. The van der Waals surface area contributed by atoms with E-state index in [1.807, 2.05) is 18.5 Å². The largest absolute Gasteiger partial charge is 0.302 e. The van der Waals surface area contributed by atoms with E-state index in [1.165, 1.54) is 30.6 Å². The second kappa shape index (κ2) is 8.76. The van der Waals surface area contributed by atoms with E-state index < -0.39 is 0 Å². The Kier molecular flexibility index (Phi) is 6.16. The van der Waals surface area contributed by atoms with Gasteiger partial charge in [-0.05, 0) is 43.1 Å². The van der Waals surface area contributed by atoms with Crippen molar-refractivity contribution < 1.29 is 0 Å². The topological polar surface area (TPSA) is 19.4 Å². The summed E-state index contributed by atoms with van der Waals surface area (Å²) in [6.07, 6.45) is 9.61. The minimum Gasteiger partial charge on any atom is -0.302 e. The number of likely N-dealkylation sites (tertiary alicyclic amines) is 1. The smallest absolute Gasteiger partial charge is 0.0312 e. The fourth-order valence-corrected chi connectivity index (χ4v) is 3.44. The lowest BCUT2D eigenvalue weighted by molar-refractivity contribution is 0.263. The first kappa shape index (κ1) is 16.9. The van der Waals surface area contributed by atoms with Crippen LogP contribution in [0.15, 0.2) is 60.9 Å². The molecule has 1 aliphatic rings. The highest BCUT2D eigenvalue weighted by Gasteiger charge is 2.22. The predicted octanol–water partition coefficient (Wildman–Crippen LogP) is 3.55. The highest BCUT2D eigenvalue weighted by molar-refractivity contribution is 5.48. The van der Waals surface area contributed by atoms with Crippen LogP contribution in [0.4, 0.5) is 0 Å². The molecule has 3 nitrogen and oxygen atoms in total. The first-order valence-electron chi connectivity index (χ1n) is 8.81. The van der Waals surface area contributed by atoms with Gasteiger partial charge in [-0.3, -0.25) is 9.88 Å². The average molecular weight is 321 g/mol. The maximum atomic E-state index is 4.20. The molecule has 0 N–H and O–H groups in total. The maximum absolute atomic E-state index is 4.20. The number of aromatic nitrogens is 1. The third-order valence-electron chi connectivity index (χ3n) is 4.59. The van der Waals surface area contributed by atoms with E-state index in [2.05, 4.69) is 70.4 Å². The van der Waals surface area contributed by atoms with Crippen LogP contribution in [0.3, 0.4) is 0 Å². The first-order valence-corrected chi connectivity index (χ1v) is 8.81. The van der Waals surface area contributed by atoms with Crippen LogP contribution < -0.4 is 0 Å². The van der Waals surface area contributed by atoms with Gasteiger partial charge >= 0.3 is 0 Å². The van der Waals surface area contributed by atoms with Gasteiger partial charge in [-0.25, -0.2) is 0 Å². The molecule has 126 valence electrons. The summed E-state index contributed by atoms with van der Waals surface area (Å²) in [7, 11) is 2.21. The molecule has 0 aliphatic carbocycles. The zero-order valence-corrected chi connectivity index (χ0v) is 14.5. The van der Waals surface area contributed by atoms with Crippen LogP contribution in [0, 0.1) is 5.92 Å². The summed E-state index contributed by atoms with van der Waals surface area (Å²) in [5.74, 6) is 0.775. The molecule has 0 radical (unpaired) electrons. The minimum atomic E-state index is 0.775. The molecule has 1 atom stereocenters. The zero-order valence-electron chi connectivity index (χ0n) is 14.5. The van der Waals surface area contributed by atoms with E-state index in [-0.39, 0.29) is 0 Å². The highest BCUT2D eigenvalue weighted by atomic mass is 15.2. The van der Waals surface area contributed by atoms with Gasteiger partial charge in [-0.15, -0.1) is 0 Å². The van der Waals surface area contributed by atoms with Gasteiger partial charge in [0.25, 0.3) is 0 Å². The summed E-state index contributed by atoms with van der Waals surface area (Å²) in [5, 5.41) is 0. The second-order valence-electron chi connectivity index (χ2n) is 6.79. The number of rotatable bonds is 7. The summed E-state index contributed by atoms with van der Waals surface area (Å²) >= 11 is 0. The molecule has 3 heteroatoms. The molecule has 0 bridgehead atoms. The van der Waals surface area contributed by atoms with Gasteiger partial charge < -0.3 is 4.90 Å². The molecule has 24 heavy (non-hydrogen) atoms. The third-order valence-corrected chi connectivity index (χ3v) is 4.59. The maximum Gasteiger partial charge on any atom is 0.0312 e. The Hall–Kier alpha value is -1.97. The summed E-state index contributed by atoms with van der Waals surface area (Å²) < 4.78 is 0. The van der Waals surface area contributed by atoms with Gasteiger partial charge in [0.2, 0.25) is 0 Å². The van der Waals surface area contributed by atoms with Crippen LogP contribution in [-0.4, -0.2) is 48.0 Å². The van der Waals surface area contributed by atoms with Crippen LogP contribution in [0.25, 0.3) is 6.08 Å². The van der Waals surface area contributed by atoms with E-state index in [1.54, 1.807) is 0 Å². The Labute approximate surface area is 145 Å². The number of nitrogens with zero attached hydrogens (tertiary/aromatic N) is 3. The van der Waals surface area contributed by atoms with Crippen LogP contribution in [0.5, 0.6) is 0 Å². The number of hydrogen-bond acceptors (Lipinski definition) is 3. The zero-order chi connectivity index (χ0) is 16.6. The van der Waals surface area contributed by atoms with E-state index in [4.69, 9.17) is 0 Å². The standard InChI is InChI=1S/C21H27N3/c1-23(16-20-9-5-12-22-15-20)17-21-11-14-24(18-21)13-6-10-19-7-3-2-4-8-19/h2-10,12,15,21H,11,13-14,16-18H2,1H3/b10-6+. The molecule has 2 heterocycles. The van der Waals surface area contributed by atoms with Crippen molar-refractivity contribution in [3.63, 3.8) is 0 Å². The average Bonchev–Trinajstić information content (AvgIpc) is 3.04. The molecule has 1 fully saturated rings. The number of benzene rings is 1. The van der Waals surface area contributed by atoms with Crippen LogP contribution in [0.2, 0.25) is 0 Å². The van der Waals surface area contributed by atoms with Crippen LogP contribution >= 0.6 is 0 Å². The molecule has 0 amide bonds. The van der Waals surface area contributed by atoms with E-state index in [0.717, 1.165) is 25.6 Å². The Morgan fingerprint density at radius 3 is 2.88 bits per heavy atom. The summed E-state index contributed by atoms with van der Waals surface area (Å²) in [5.41, 5.74) is 2.57. The normalized spacial score (nSPS) is 18.7. The number of pyridine rings is 1. The van der Waals surface area contributed by atoms with E-state index in [9.17, 15) is 0 Å². The van der Waals surface area contributed by atoms with Crippen molar-refractivity contribution in [2.45, 2.75) is 13.0 Å². The van der Waals surface area contributed by atoms with Crippen molar-refractivity contribution in [3.05, 3.63) is 72.1 Å². The molecule has 1 unspecified atom stereocenters. The van der Waals surface area contributed by atoms with Crippen molar-refractivity contribution in [3.8, 4) is 0 Å². The van der Waals surface area contributed by atoms with Gasteiger partial charge in [0.1, 0.15) is 0 Å². The van der Waals surface area contributed by atoms with Crippen molar-refractivity contribution >= 4 is 6.08 Å². The Balaban J connectivity index is 1.40. The lowest BCUT2D eigenvalue weighted by Gasteiger charge is -2.21. The molecule has 0 spiro atoms. The molecule has 1 aliphatic heterocycles. The lowest BCUT2D eigenvalue weighted by Crippen LogP contribution is -2.28. The van der Waals surface area contributed by atoms with Crippen molar-refractivity contribution in [2.24, 2.45) is 5.92 Å². The summed E-state index contributed by atoms with van der Waals surface area (Å²) in [6, 6.07) is 14.7. The quantitative estimate of drug-likeness (QED) is 0.777. The fourth-order valence-electron chi connectivity index (χ4n) is 3.44. The third kappa shape index (κ3) is 5.29. The first-order chi connectivity index (χ1) is 11.8. The SMILES string of the molecule is CN(Cc1cccnc1)CC1CCN(C/C=C/c2ccccc2)C1. The summed E-state index contributed by atoms with van der Waals surface area (Å²) in [6.45, 7) is 5.62. The van der Waals surface area contributed by atoms with E-state index >= 15 is 0 Å². The molecule has 1 aromatic carbocycles. The fraction of sp³-hybridized carbons (Fsp3) is 0.381. The Morgan fingerprint density at radius 1 is 1.21 bits per heavy atom. The molecule has 1 aromatic heterocycles. The predicted molar refractivity (Wildman–Crippen MR) is 101 cm³/mol. The highest BCUT2D eigenvalue weighted by Crippen LogP contribution is 2.18. The van der Waals surface area contributed by atoms with Crippen LogP contribution in [-0.2, 0) is 6.54 Å². The van der Waals surface area contributed by atoms with Crippen molar-refractivity contribution in [2.75, 3.05) is 33.2 Å². The molecular formula is C21H27N3. The van der Waals surface area contributed by atoms with Gasteiger partial charge in [0.15, 0.2) is 0 Å². The van der Waals surface area contributed by atoms with Gasteiger partial charge in [-0.1, -0.05) is 48.6 Å². The van der Waals surface area contributed by atoms with Gasteiger partial charge in [0.05, 0.1) is 0 Å². The van der Waals surface area contributed by atoms with Crippen molar-refractivity contribution in [1.29, 1.82) is 0 Å². The molecular weight excluding hydrogens is 294 g/mol. The summed E-state index contributed by atoms with van der Waals surface area (Å²) in [4.78, 5) is 9.18. The van der Waals surface area contributed by atoms with Crippen molar-refractivity contribution in [1.82, 2.24) is 14.8 Å². The Morgan fingerprint density at radius 2 is 2.08 bits per heavy atom. The molecule has 1 saturated heterocycles. The molecule has 2 aromatic rings.